The van der Waals surface area contributed by atoms with Gasteiger partial charge in [0, 0.05) is 22.5 Å². The molecule has 10 aromatic carbocycles. The second-order valence-corrected chi connectivity index (χ2v) is 18.0. The van der Waals surface area contributed by atoms with Gasteiger partial charge in [0.05, 0.1) is 5.41 Å². The van der Waals surface area contributed by atoms with Gasteiger partial charge in [0.15, 0.2) is 0 Å². The molecule has 0 saturated heterocycles. The van der Waals surface area contributed by atoms with Crippen LogP contribution in [0, 0.1) is 0 Å². The van der Waals surface area contributed by atoms with Gasteiger partial charge in [-0.25, -0.2) is 0 Å². The lowest BCUT2D eigenvalue weighted by Crippen LogP contribution is -2.32. The Morgan fingerprint density at radius 1 is 0.286 bits per heavy atom. The van der Waals surface area contributed by atoms with Crippen molar-refractivity contribution in [3.63, 3.8) is 0 Å². The van der Waals surface area contributed by atoms with E-state index in [-0.39, 0.29) is 5.41 Å². The summed E-state index contributed by atoms with van der Waals surface area (Å²) < 4.78 is 0. The largest absolute Gasteiger partial charge is 0.310 e. The van der Waals surface area contributed by atoms with Crippen molar-refractivity contribution < 1.29 is 0 Å². The normalized spacial score (nSPS) is 15.7. The summed E-state index contributed by atoms with van der Waals surface area (Å²) in [6.45, 7) is 4.75. The monoisotopic (exact) mass is 801 g/mol. The fourth-order valence-electron chi connectivity index (χ4n) is 11.7. The van der Waals surface area contributed by atoms with Crippen LogP contribution in [0.2, 0.25) is 0 Å². The van der Waals surface area contributed by atoms with Crippen LogP contribution in [0.15, 0.2) is 224 Å². The molecule has 0 aromatic heterocycles. The van der Waals surface area contributed by atoms with E-state index in [4.69, 9.17) is 0 Å². The molecule has 0 fully saturated rings. The van der Waals surface area contributed by atoms with E-state index in [0.29, 0.717) is 0 Å². The number of fused-ring (bicyclic) bond motifs is 12. The average Bonchev–Trinajstić information content (AvgIpc) is 3.76. The molecule has 0 bridgehead atoms. The Bertz CT molecular complexity index is 3470. The van der Waals surface area contributed by atoms with Crippen LogP contribution < -0.4 is 4.90 Å². The molecular formula is C62H43N. The third-order valence-electron chi connectivity index (χ3n) is 14.5. The zero-order valence-electron chi connectivity index (χ0n) is 35.3. The zero-order chi connectivity index (χ0) is 41.9. The molecule has 13 rings (SSSR count). The summed E-state index contributed by atoms with van der Waals surface area (Å²) in [5.41, 5.74) is 23.5. The minimum absolute atomic E-state index is 0.134. The number of hydrogen-bond donors (Lipinski definition) is 0. The molecular weight excluding hydrogens is 759 g/mol. The van der Waals surface area contributed by atoms with Crippen molar-refractivity contribution in [2.45, 2.75) is 24.7 Å². The third kappa shape index (κ3) is 4.99. The van der Waals surface area contributed by atoms with E-state index in [0.717, 1.165) is 17.1 Å². The number of nitrogens with zero attached hydrogens (tertiary/aromatic N) is 1. The lowest BCUT2D eigenvalue weighted by atomic mass is 9.61. The number of benzene rings is 10. The average molecular weight is 802 g/mol. The maximum Gasteiger partial charge on any atom is 0.0726 e. The van der Waals surface area contributed by atoms with Crippen molar-refractivity contribution in [3.8, 4) is 55.6 Å². The third-order valence-corrected chi connectivity index (χ3v) is 14.5. The zero-order valence-corrected chi connectivity index (χ0v) is 35.3. The quantitative estimate of drug-likeness (QED) is 0.168. The summed E-state index contributed by atoms with van der Waals surface area (Å²) in [6, 6.07) is 84.1. The molecule has 3 aliphatic carbocycles. The fraction of sp³-hybridized carbons (Fsp3) is 0.0645. The molecule has 0 aliphatic heterocycles. The summed E-state index contributed by atoms with van der Waals surface area (Å²) >= 11 is 0. The van der Waals surface area contributed by atoms with Crippen LogP contribution in [0.1, 0.15) is 47.2 Å². The molecule has 1 nitrogen and oxygen atoms in total. The van der Waals surface area contributed by atoms with Gasteiger partial charge in [-0.05, 0) is 136 Å². The number of anilines is 3. The topological polar surface area (TPSA) is 3.24 Å². The minimum Gasteiger partial charge on any atom is -0.310 e. The van der Waals surface area contributed by atoms with Crippen molar-refractivity contribution in [1.82, 2.24) is 0 Å². The van der Waals surface area contributed by atoms with Crippen LogP contribution in [-0.4, -0.2) is 0 Å². The summed E-state index contributed by atoms with van der Waals surface area (Å²) in [6.07, 6.45) is 0. The van der Waals surface area contributed by atoms with E-state index < -0.39 is 5.41 Å². The van der Waals surface area contributed by atoms with Crippen molar-refractivity contribution in [1.29, 1.82) is 0 Å². The lowest BCUT2D eigenvalue weighted by Gasteiger charge is -2.40. The Balaban J connectivity index is 1.08. The first-order valence-corrected chi connectivity index (χ1v) is 22.2. The predicted octanol–water partition coefficient (Wildman–Crippen LogP) is 16.3. The standard InChI is InChI=1S/C62H43N/c1-61(2)54-24-12-9-20-47(54)50-34-32-44(38-58(50)61)63(43-30-28-41(29-31-43)40-16-5-3-6-17-40)45-33-35-51-48-21-10-13-25-55(48)62(59(51)39-45)56-26-14-11-22-49(56)53-37-36-46(42-18-7-4-8-19-42)52-23-15-27-57(62)60(52)53/h3-39H,1-2H3. The fourth-order valence-corrected chi connectivity index (χ4v) is 11.7. The summed E-state index contributed by atoms with van der Waals surface area (Å²) in [5.74, 6) is 0. The number of rotatable bonds is 5. The van der Waals surface area contributed by atoms with E-state index in [1.807, 2.05) is 0 Å². The highest BCUT2D eigenvalue weighted by Gasteiger charge is 2.50. The lowest BCUT2D eigenvalue weighted by molar-refractivity contribution is 0.660. The van der Waals surface area contributed by atoms with Gasteiger partial charge in [0.1, 0.15) is 0 Å². The van der Waals surface area contributed by atoms with Gasteiger partial charge < -0.3 is 4.90 Å². The Kier molecular flexibility index (Phi) is 7.64. The molecule has 296 valence electrons. The maximum absolute atomic E-state index is 2.52. The first-order valence-electron chi connectivity index (χ1n) is 22.2. The summed E-state index contributed by atoms with van der Waals surface area (Å²) in [4.78, 5) is 2.49. The highest BCUT2D eigenvalue weighted by molar-refractivity contribution is 6.11. The molecule has 0 amide bonds. The molecule has 1 atom stereocenters. The van der Waals surface area contributed by atoms with Gasteiger partial charge in [-0.3, -0.25) is 0 Å². The maximum atomic E-state index is 2.52. The van der Waals surface area contributed by atoms with Crippen molar-refractivity contribution in [2.24, 2.45) is 0 Å². The second-order valence-electron chi connectivity index (χ2n) is 18.0. The van der Waals surface area contributed by atoms with E-state index >= 15 is 0 Å². The highest BCUT2D eigenvalue weighted by Crippen LogP contribution is 2.63. The van der Waals surface area contributed by atoms with E-state index in [1.54, 1.807) is 0 Å². The second kappa shape index (κ2) is 13.4. The van der Waals surface area contributed by atoms with Gasteiger partial charge >= 0.3 is 0 Å². The minimum atomic E-state index is -0.551. The summed E-state index contributed by atoms with van der Waals surface area (Å²) in [7, 11) is 0. The molecule has 0 heterocycles. The Hall–Kier alpha value is -7.74. The molecule has 1 spiro atoms. The molecule has 10 aromatic rings. The molecule has 0 radical (unpaired) electrons. The first kappa shape index (κ1) is 36.0. The van der Waals surface area contributed by atoms with Gasteiger partial charge in [-0.2, -0.15) is 0 Å². The predicted molar refractivity (Wildman–Crippen MR) is 263 cm³/mol. The Morgan fingerprint density at radius 2 is 0.730 bits per heavy atom. The van der Waals surface area contributed by atoms with E-state index in [1.165, 1.54) is 99.8 Å². The molecule has 0 N–H and O–H groups in total. The molecule has 0 saturated carbocycles. The Morgan fingerprint density at radius 3 is 1.40 bits per heavy atom. The molecule has 3 aliphatic rings. The van der Waals surface area contributed by atoms with E-state index in [9.17, 15) is 0 Å². The van der Waals surface area contributed by atoms with Crippen LogP contribution in [0.25, 0.3) is 66.4 Å². The first-order chi connectivity index (χ1) is 31.0. The molecule has 63 heavy (non-hydrogen) atoms. The van der Waals surface area contributed by atoms with Gasteiger partial charge in [-0.15, -0.1) is 0 Å². The van der Waals surface area contributed by atoms with Crippen molar-refractivity contribution >= 4 is 27.8 Å². The van der Waals surface area contributed by atoms with Gasteiger partial charge in [-0.1, -0.05) is 202 Å². The Labute approximate surface area is 369 Å². The van der Waals surface area contributed by atoms with Crippen molar-refractivity contribution in [2.75, 3.05) is 4.90 Å². The van der Waals surface area contributed by atoms with Crippen LogP contribution >= 0.6 is 0 Å². The van der Waals surface area contributed by atoms with Crippen LogP contribution in [-0.2, 0) is 10.8 Å². The molecule has 1 unspecified atom stereocenters. The highest BCUT2D eigenvalue weighted by atomic mass is 15.1. The smallest absolute Gasteiger partial charge is 0.0726 e. The van der Waals surface area contributed by atoms with Gasteiger partial charge in [0.2, 0.25) is 0 Å². The molecule has 1 heteroatoms. The van der Waals surface area contributed by atoms with Crippen LogP contribution in [0.4, 0.5) is 17.1 Å². The van der Waals surface area contributed by atoms with Gasteiger partial charge in [0.25, 0.3) is 0 Å². The van der Waals surface area contributed by atoms with Crippen molar-refractivity contribution in [3.05, 3.63) is 258 Å². The number of hydrogen-bond acceptors (Lipinski definition) is 1. The van der Waals surface area contributed by atoms with Crippen LogP contribution in [0.3, 0.4) is 0 Å². The van der Waals surface area contributed by atoms with Crippen LogP contribution in [0.5, 0.6) is 0 Å². The summed E-state index contributed by atoms with van der Waals surface area (Å²) in [5, 5.41) is 2.62. The van der Waals surface area contributed by atoms with E-state index in [2.05, 4.69) is 243 Å². The SMILES string of the molecule is CC1(C)c2ccccc2-c2ccc(N(c3ccc(-c4ccccc4)cc3)c3ccc4c(c3)C3(c5ccccc5-4)c4ccccc4-c4ccc(-c5ccccc5)c5cccc3c45)cc21.